The van der Waals surface area contributed by atoms with E-state index in [4.69, 9.17) is 21.1 Å². The topological polar surface area (TPSA) is 47.6 Å². The lowest BCUT2D eigenvalue weighted by molar-refractivity contribution is -0.166. The third-order valence-corrected chi connectivity index (χ3v) is 3.19. The molecule has 1 aliphatic rings. The van der Waals surface area contributed by atoms with Crippen LogP contribution < -0.4 is 5.32 Å². The van der Waals surface area contributed by atoms with Gasteiger partial charge in [0.15, 0.2) is 5.03 Å². The molecule has 1 aromatic rings. The van der Waals surface area contributed by atoms with Gasteiger partial charge in [-0.2, -0.15) is 0 Å². The number of rotatable bonds is 6. The molecular formula is C15H18ClNO3. The quantitative estimate of drug-likeness (QED) is 0.820. The molecule has 2 rings (SSSR count). The fourth-order valence-electron chi connectivity index (χ4n) is 1.91. The van der Waals surface area contributed by atoms with Gasteiger partial charge in [0.1, 0.15) is 5.70 Å². The van der Waals surface area contributed by atoms with E-state index in [1.165, 1.54) is 5.56 Å². The third-order valence-electron chi connectivity index (χ3n) is 2.83. The van der Waals surface area contributed by atoms with E-state index in [2.05, 4.69) is 17.4 Å². The maximum atomic E-state index is 11.5. The van der Waals surface area contributed by atoms with Crippen LogP contribution in [0.3, 0.4) is 0 Å². The molecule has 0 radical (unpaired) electrons. The van der Waals surface area contributed by atoms with E-state index in [0.29, 0.717) is 12.2 Å². The van der Waals surface area contributed by atoms with Crippen LogP contribution in [0.1, 0.15) is 19.4 Å². The summed E-state index contributed by atoms with van der Waals surface area (Å²) in [5, 5.41) is 3.22. The van der Waals surface area contributed by atoms with Crippen LogP contribution in [0.2, 0.25) is 0 Å². The second-order valence-electron chi connectivity index (χ2n) is 4.81. The highest BCUT2D eigenvalue weighted by atomic mass is 35.5. The summed E-state index contributed by atoms with van der Waals surface area (Å²) in [6.07, 6.45) is 0.0453. The standard InChI is InChI=1S/C15H18ClNO3/c1-10(2)19-15-13(12(16)14(18)20-15)17-9-8-11-6-4-3-5-7-11/h3-7,10,15,17H,8-9H2,1-2H3. The molecule has 1 atom stereocenters. The van der Waals surface area contributed by atoms with Gasteiger partial charge in [-0.15, -0.1) is 0 Å². The van der Waals surface area contributed by atoms with Gasteiger partial charge in [-0.3, -0.25) is 0 Å². The van der Waals surface area contributed by atoms with Crippen LogP contribution in [0.25, 0.3) is 0 Å². The van der Waals surface area contributed by atoms with E-state index < -0.39 is 12.3 Å². The van der Waals surface area contributed by atoms with Gasteiger partial charge in [0.2, 0.25) is 6.29 Å². The maximum Gasteiger partial charge on any atom is 0.354 e. The summed E-state index contributed by atoms with van der Waals surface area (Å²) in [7, 11) is 0. The maximum absolute atomic E-state index is 11.5. The average molecular weight is 296 g/mol. The Labute approximate surface area is 123 Å². The zero-order valence-electron chi connectivity index (χ0n) is 11.6. The second-order valence-corrected chi connectivity index (χ2v) is 5.19. The first-order chi connectivity index (χ1) is 9.58. The number of ether oxygens (including phenoxy) is 2. The molecule has 4 nitrogen and oxygen atoms in total. The summed E-state index contributed by atoms with van der Waals surface area (Å²) in [4.78, 5) is 11.5. The zero-order valence-corrected chi connectivity index (χ0v) is 12.3. The first kappa shape index (κ1) is 14.9. The van der Waals surface area contributed by atoms with E-state index in [1.54, 1.807) is 0 Å². The van der Waals surface area contributed by atoms with Crippen molar-refractivity contribution in [1.82, 2.24) is 5.32 Å². The van der Waals surface area contributed by atoms with Crippen LogP contribution in [-0.4, -0.2) is 24.9 Å². The van der Waals surface area contributed by atoms with E-state index in [9.17, 15) is 4.79 Å². The fraction of sp³-hybridized carbons (Fsp3) is 0.400. The molecule has 1 unspecified atom stereocenters. The molecule has 1 heterocycles. The average Bonchev–Trinajstić information content (AvgIpc) is 2.67. The van der Waals surface area contributed by atoms with Crippen LogP contribution in [0, 0.1) is 0 Å². The van der Waals surface area contributed by atoms with Gasteiger partial charge < -0.3 is 14.8 Å². The molecule has 0 aromatic heterocycles. The Hall–Kier alpha value is -1.52. The number of cyclic esters (lactones) is 1. The summed E-state index contributed by atoms with van der Waals surface area (Å²) in [6.45, 7) is 4.41. The predicted octanol–water partition coefficient (Wildman–Crippen LogP) is 2.58. The molecule has 0 bridgehead atoms. The first-order valence-electron chi connectivity index (χ1n) is 6.62. The number of hydrogen-bond donors (Lipinski definition) is 1. The van der Waals surface area contributed by atoms with Crippen LogP contribution in [-0.2, 0) is 20.7 Å². The van der Waals surface area contributed by atoms with Crippen LogP contribution in [0.5, 0.6) is 0 Å². The summed E-state index contributed by atoms with van der Waals surface area (Å²) in [5.41, 5.74) is 1.73. The molecule has 0 spiro atoms. The third kappa shape index (κ3) is 3.74. The molecule has 20 heavy (non-hydrogen) atoms. The minimum absolute atomic E-state index is 0.0544. The number of hydrogen-bond acceptors (Lipinski definition) is 4. The van der Waals surface area contributed by atoms with Crippen molar-refractivity contribution < 1.29 is 14.3 Å². The highest BCUT2D eigenvalue weighted by Gasteiger charge is 2.34. The molecule has 1 aliphatic heterocycles. The molecule has 1 N–H and O–H groups in total. The molecule has 0 amide bonds. The van der Waals surface area contributed by atoms with Gasteiger partial charge in [-0.25, -0.2) is 4.79 Å². The van der Waals surface area contributed by atoms with Crippen molar-refractivity contribution in [2.75, 3.05) is 6.54 Å². The highest BCUT2D eigenvalue weighted by Crippen LogP contribution is 2.25. The Morgan fingerprint density at radius 2 is 2.05 bits per heavy atom. The van der Waals surface area contributed by atoms with Crippen molar-refractivity contribution in [3.05, 3.63) is 46.6 Å². The van der Waals surface area contributed by atoms with Gasteiger partial charge >= 0.3 is 5.97 Å². The minimum atomic E-state index is -0.731. The van der Waals surface area contributed by atoms with Crippen LogP contribution in [0.15, 0.2) is 41.1 Å². The summed E-state index contributed by atoms with van der Waals surface area (Å²) in [5.74, 6) is -0.542. The Balaban J connectivity index is 1.93. The van der Waals surface area contributed by atoms with E-state index in [1.807, 2.05) is 32.0 Å². The van der Waals surface area contributed by atoms with E-state index >= 15 is 0 Å². The molecule has 0 saturated heterocycles. The normalized spacial score (nSPS) is 18.6. The van der Waals surface area contributed by atoms with Crippen molar-refractivity contribution in [2.45, 2.75) is 32.7 Å². The van der Waals surface area contributed by atoms with Crippen molar-refractivity contribution >= 4 is 17.6 Å². The number of esters is 1. The Bertz CT molecular complexity index is 499. The van der Waals surface area contributed by atoms with Crippen molar-refractivity contribution in [3.8, 4) is 0 Å². The number of carbonyl (C=O) groups is 1. The lowest BCUT2D eigenvalue weighted by Crippen LogP contribution is -2.29. The number of nitrogens with one attached hydrogen (secondary N) is 1. The highest BCUT2D eigenvalue weighted by molar-refractivity contribution is 6.42. The molecule has 0 fully saturated rings. The molecule has 1 aromatic carbocycles. The SMILES string of the molecule is CC(C)OC1OC(=O)C(Cl)=C1NCCc1ccccc1. The minimum Gasteiger partial charge on any atom is -0.425 e. The number of benzene rings is 1. The summed E-state index contributed by atoms with van der Waals surface area (Å²) in [6, 6.07) is 10.1. The molecule has 108 valence electrons. The largest absolute Gasteiger partial charge is 0.425 e. The Morgan fingerprint density at radius 3 is 2.70 bits per heavy atom. The lowest BCUT2D eigenvalue weighted by atomic mass is 10.1. The van der Waals surface area contributed by atoms with Gasteiger partial charge in [0, 0.05) is 6.54 Å². The van der Waals surface area contributed by atoms with E-state index in [-0.39, 0.29) is 11.1 Å². The lowest BCUT2D eigenvalue weighted by Gasteiger charge is -2.18. The molecule has 5 heteroatoms. The van der Waals surface area contributed by atoms with Crippen molar-refractivity contribution in [3.63, 3.8) is 0 Å². The van der Waals surface area contributed by atoms with Crippen LogP contribution in [0.4, 0.5) is 0 Å². The summed E-state index contributed by atoms with van der Waals surface area (Å²) >= 11 is 5.95. The smallest absolute Gasteiger partial charge is 0.354 e. The van der Waals surface area contributed by atoms with Crippen molar-refractivity contribution in [2.24, 2.45) is 0 Å². The van der Waals surface area contributed by atoms with Crippen LogP contribution >= 0.6 is 11.6 Å². The fourth-order valence-corrected chi connectivity index (χ4v) is 2.11. The van der Waals surface area contributed by atoms with Gasteiger partial charge in [0.25, 0.3) is 0 Å². The van der Waals surface area contributed by atoms with Gasteiger partial charge in [-0.05, 0) is 25.8 Å². The molecular weight excluding hydrogens is 278 g/mol. The van der Waals surface area contributed by atoms with E-state index in [0.717, 1.165) is 6.42 Å². The second kappa shape index (κ2) is 6.77. The van der Waals surface area contributed by atoms with Gasteiger partial charge in [-0.1, -0.05) is 41.9 Å². The Kier molecular flexibility index (Phi) is 5.04. The van der Waals surface area contributed by atoms with Crippen molar-refractivity contribution in [1.29, 1.82) is 0 Å². The number of carbonyl (C=O) groups excluding carboxylic acids is 1. The zero-order chi connectivity index (χ0) is 14.5. The molecule has 0 saturated carbocycles. The Morgan fingerprint density at radius 1 is 1.35 bits per heavy atom. The molecule has 0 aliphatic carbocycles. The van der Waals surface area contributed by atoms with Gasteiger partial charge in [0.05, 0.1) is 6.10 Å². The summed E-state index contributed by atoms with van der Waals surface area (Å²) < 4.78 is 10.6. The first-order valence-corrected chi connectivity index (χ1v) is 6.99. The predicted molar refractivity (Wildman–Crippen MR) is 77.1 cm³/mol. The monoisotopic (exact) mass is 295 g/mol. The number of halogens is 1.